The van der Waals surface area contributed by atoms with E-state index in [1.807, 2.05) is 20.8 Å². The smallest absolute Gasteiger partial charge is 0.410 e. The number of nitrogens with two attached hydrogens (primary N) is 1. The first-order chi connectivity index (χ1) is 11.6. The highest BCUT2D eigenvalue weighted by Crippen LogP contribution is 2.15. The molecule has 0 saturated carbocycles. The van der Waals surface area contributed by atoms with Crippen molar-refractivity contribution in [3.05, 3.63) is 17.9 Å². The Balaban J connectivity index is 1.89. The molecule has 25 heavy (non-hydrogen) atoms. The third-order valence-electron chi connectivity index (χ3n) is 3.45. The van der Waals surface area contributed by atoms with Crippen molar-refractivity contribution in [2.45, 2.75) is 44.1 Å². The molecule has 0 bridgehead atoms. The number of hydrogen-bond acceptors (Lipinski definition) is 7. The predicted molar refractivity (Wildman–Crippen MR) is 89.3 cm³/mol. The molecule has 2 rings (SSSR count). The van der Waals surface area contributed by atoms with Gasteiger partial charge in [0.15, 0.2) is 0 Å². The van der Waals surface area contributed by atoms with Gasteiger partial charge in [-0.1, -0.05) is 0 Å². The molecule has 1 aromatic rings. The maximum atomic E-state index is 12.3. The van der Waals surface area contributed by atoms with Gasteiger partial charge in [-0.3, -0.25) is 4.90 Å². The van der Waals surface area contributed by atoms with E-state index in [0.717, 1.165) is 0 Å². The van der Waals surface area contributed by atoms with Gasteiger partial charge in [0, 0.05) is 13.1 Å². The largest absolute Gasteiger partial charge is 0.447 e. The van der Waals surface area contributed by atoms with Crippen molar-refractivity contribution in [1.82, 2.24) is 10.2 Å². The molecule has 142 valence electrons. The third kappa shape index (κ3) is 5.99. The van der Waals surface area contributed by atoms with E-state index in [9.17, 15) is 13.2 Å². The van der Waals surface area contributed by atoms with Crippen molar-refractivity contribution in [3.63, 3.8) is 0 Å². The van der Waals surface area contributed by atoms with E-state index in [4.69, 9.17) is 19.0 Å². The van der Waals surface area contributed by atoms with Crippen LogP contribution in [0, 0.1) is 0 Å². The number of ether oxygens (including phenoxy) is 2. The molecule has 1 atom stereocenters. The second kappa shape index (κ2) is 7.73. The summed E-state index contributed by atoms with van der Waals surface area (Å²) < 4.78 is 38.4. The Labute approximate surface area is 147 Å². The number of nitrogens with one attached hydrogen (secondary N) is 1. The Kier molecular flexibility index (Phi) is 6.09. The molecule has 1 amide bonds. The maximum Gasteiger partial charge on any atom is 0.410 e. The number of furan rings is 1. The summed E-state index contributed by atoms with van der Waals surface area (Å²) in [6.07, 6.45) is -0.378. The molecule has 1 unspecified atom stereocenters. The normalized spacial score (nSPS) is 19.0. The Hall–Kier alpha value is -1.62. The highest BCUT2D eigenvalue weighted by atomic mass is 32.2. The van der Waals surface area contributed by atoms with Crippen LogP contribution in [0.4, 0.5) is 4.79 Å². The Morgan fingerprint density at radius 1 is 1.44 bits per heavy atom. The molecule has 1 fully saturated rings. The lowest BCUT2D eigenvalue weighted by Crippen LogP contribution is -2.53. The van der Waals surface area contributed by atoms with Gasteiger partial charge >= 0.3 is 6.09 Å². The van der Waals surface area contributed by atoms with Crippen LogP contribution in [0.1, 0.15) is 26.5 Å². The minimum absolute atomic E-state index is 0.184. The summed E-state index contributed by atoms with van der Waals surface area (Å²) in [5.41, 5.74) is -0.564. The summed E-state index contributed by atoms with van der Waals surface area (Å²) in [6.45, 7) is 7.52. The van der Waals surface area contributed by atoms with E-state index >= 15 is 0 Å². The highest BCUT2D eigenvalue weighted by Gasteiger charge is 2.30. The first-order valence-corrected chi connectivity index (χ1v) is 9.50. The van der Waals surface area contributed by atoms with Crippen molar-refractivity contribution in [2.75, 3.05) is 26.3 Å². The standard InChI is InChI=1S/C15H25N3O6S/c1-15(2,3)24-14(19)18-6-7-22-10-11(18)8-17-9-12-4-5-13(23-12)25(16,20)21/h4-5,11,17H,6-10H2,1-3H3,(H2,16,20,21). The van der Waals surface area contributed by atoms with E-state index < -0.39 is 15.6 Å². The summed E-state index contributed by atoms with van der Waals surface area (Å²) in [4.78, 5) is 13.9. The van der Waals surface area contributed by atoms with Gasteiger partial charge in [0.2, 0.25) is 5.09 Å². The number of hydrogen-bond donors (Lipinski definition) is 2. The van der Waals surface area contributed by atoms with E-state index in [-0.39, 0.29) is 17.2 Å². The Morgan fingerprint density at radius 2 is 2.16 bits per heavy atom. The molecule has 0 spiro atoms. The van der Waals surface area contributed by atoms with E-state index in [0.29, 0.717) is 38.6 Å². The average molecular weight is 375 g/mol. The van der Waals surface area contributed by atoms with Gasteiger partial charge in [0.05, 0.1) is 25.8 Å². The topological polar surface area (TPSA) is 124 Å². The third-order valence-corrected chi connectivity index (χ3v) is 4.23. The zero-order valence-electron chi connectivity index (χ0n) is 14.6. The number of morpholine rings is 1. The maximum absolute atomic E-state index is 12.3. The zero-order chi connectivity index (χ0) is 18.7. The minimum Gasteiger partial charge on any atom is -0.447 e. The number of primary sulfonamides is 1. The molecule has 0 aromatic carbocycles. The predicted octanol–water partition coefficient (Wildman–Crippen LogP) is 0.653. The van der Waals surface area contributed by atoms with Gasteiger partial charge in [-0.05, 0) is 32.9 Å². The highest BCUT2D eigenvalue weighted by molar-refractivity contribution is 7.89. The van der Waals surface area contributed by atoms with Gasteiger partial charge in [0.25, 0.3) is 10.0 Å². The van der Waals surface area contributed by atoms with Crippen molar-refractivity contribution >= 4 is 16.1 Å². The van der Waals surface area contributed by atoms with Crippen LogP contribution in [0.2, 0.25) is 0 Å². The molecular weight excluding hydrogens is 350 g/mol. The van der Waals surface area contributed by atoms with E-state index in [1.54, 1.807) is 4.90 Å². The van der Waals surface area contributed by atoms with Crippen LogP contribution in [0.3, 0.4) is 0 Å². The summed E-state index contributed by atoms with van der Waals surface area (Å²) in [5.74, 6) is 0.435. The number of carbonyl (C=O) groups excluding carboxylic acids is 1. The Bertz CT molecular complexity index is 694. The van der Waals surface area contributed by atoms with Crippen molar-refractivity contribution < 1.29 is 27.1 Å². The van der Waals surface area contributed by atoms with Crippen molar-refractivity contribution in [3.8, 4) is 0 Å². The van der Waals surface area contributed by atoms with Crippen LogP contribution >= 0.6 is 0 Å². The molecule has 0 aliphatic carbocycles. The fraction of sp³-hybridized carbons (Fsp3) is 0.667. The lowest BCUT2D eigenvalue weighted by Gasteiger charge is -2.36. The van der Waals surface area contributed by atoms with Gasteiger partial charge in [0.1, 0.15) is 11.4 Å². The summed E-state index contributed by atoms with van der Waals surface area (Å²) in [6, 6.07) is 2.66. The summed E-state index contributed by atoms with van der Waals surface area (Å²) in [7, 11) is -3.85. The summed E-state index contributed by atoms with van der Waals surface area (Å²) in [5, 5.41) is 7.85. The second-order valence-corrected chi connectivity index (χ2v) is 8.29. The van der Waals surface area contributed by atoms with E-state index in [2.05, 4.69) is 5.32 Å². The molecule has 1 aromatic heterocycles. The second-order valence-electron chi connectivity index (χ2n) is 6.80. The number of amides is 1. The molecular formula is C15H25N3O6S. The molecule has 0 radical (unpaired) electrons. The number of sulfonamides is 1. The van der Waals surface area contributed by atoms with Crippen molar-refractivity contribution in [1.29, 1.82) is 0 Å². The lowest BCUT2D eigenvalue weighted by molar-refractivity contribution is -0.0318. The molecule has 10 heteroatoms. The van der Waals surface area contributed by atoms with Crippen LogP contribution in [0.5, 0.6) is 0 Å². The van der Waals surface area contributed by atoms with Gasteiger partial charge in [-0.2, -0.15) is 0 Å². The first-order valence-electron chi connectivity index (χ1n) is 7.96. The van der Waals surface area contributed by atoms with Crippen molar-refractivity contribution in [2.24, 2.45) is 5.14 Å². The summed E-state index contributed by atoms with van der Waals surface area (Å²) >= 11 is 0. The first kappa shape index (κ1) is 19.7. The van der Waals surface area contributed by atoms with Crippen LogP contribution in [0.15, 0.2) is 21.6 Å². The van der Waals surface area contributed by atoms with Crippen LogP contribution in [0.25, 0.3) is 0 Å². The molecule has 1 aliphatic rings. The fourth-order valence-corrected chi connectivity index (χ4v) is 2.83. The van der Waals surface area contributed by atoms with Gasteiger partial charge < -0.3 is 19.2 Å². The molecule has 1 aliphatic heterocycles. The molecule has 9 nitrogen and oxygen atoms in total. The SMILES string of the molecule is CC(C)(C)OC(=O)N1CCOCC1CNCc1ccc(S(N)(=O)=O)o1. The van der Waals surface area contributed by atoms with Crippen LogP contribution < -0.4 is 10.5 Å². The number of rotatable bonds is 5. The van der Waals surface area contributed by atoms with Crippen LogP contribution in [-0.4, -0.2) is 57.4 Å². The Morgan fingerprint density at radius 3 is 2.76 bits per heavy atom. The number of nitrogens with zero attached hydrogens (tertiary/aromatic N) is 1. The van der Waals surface area contributed by atoms with Gasteiger partial charge in [-0.15, -0.1) is 0 Å². The van der Waals surface area contributed by atoms with Crippen LogP contribution in [-0.2, 0) is 26.0 Å². The average Bonchev–Trinajstić information content (AvgIpc) is 2.95. The molecule has 2 heterocycles. The quantitative estimate of drug-likeness (QED) is 0.774. The van der Waals surface area contributed by atoms with Gasteiger partial charge in [-0.25, -0.2) is 18.4 Å². The molecule has 3 N–H and O–H groups in total. The molecule has 1 saturated heterocycles. The fourth-order valence-electron chi connectivity index (χ4n) is 2.35. The zero-order valence-corrected chi connectivity index (χ0v) is 15.5. The van der Waals surface area contributed by atoms with E-state index in [1.165, 1.54) is 12.1 Å². The lowest BCUT2D eigenvalue weighted by atomic mass is 10.2. The number of carbonyl (C=O) groups is 1. The monoisotopic (exact) mass is 375 g/mol. The minimum atomic E-state index is -3.85.